The van der Waals surface area contributed by atoms with Crippen LogP contribution in [0.5, 0.6) is 0 Å². The Labute approximate surface area is 907 Å². The number of benzene rings is 12. The molecule has 0 aliphatic rings. The molecule has 0 atom stereocenters. The van der Waals surface area contributed by atoms with Gasteiger partial charge in [0.1, 0.15) is 34.9 Å². The van der Waals surface area contributed by atoms with Crippen molar-refractivity contribution in [2.24, 2.45) is 0 Å². The molecule has 720 valence electrons. The maximum Gasteiger partial charge on any atom is 2.00 e. The van der Waals surface area contributed by atoms with E-state index in [0.717, 1.165) is 159 Å². The van der Waals surface area contributed by atoms with Gasteiger partial charge < -0.3 is 14.9 Å². The van der Waals surface area contributed by atoms with Crippen LogP contribution in [0, 0.1) is 48.5 Å². The molecule has 12 aromatic carbocycles. The quantitative estimate of drug-likeness (QED) is 0.0677. The van der Waals surface area contributed by atoms with Gasteiger partial charge in [0.25, 0.3) is 0 Å². The van der Waals surface area contributed by atoms with Crippen LogP contribution in [0.1, 0.15) is 105 Å². The third-order valence-electron chi connectivity index (χ3n) is 23.5. The summed E-state index contributed by atoms with van der Waals surface area (Å²) in [7, 11) is 0. The molecule has 144 heavy (non-hydrogen) atoms. The predicted octanol–water partition coefficient (Wildman–Crippen LogP) is 32.7. The summed E-state index contributed by atoms with van der Waals surface area (Å²) in [6.07, 6.45) is 3.62. The largest absolute Gasteiger partial charge is 2.00 e. The maximum absolute atomic E-state index is 5.13. The fourth-order valence-electron chi connectivity index (χ4n) is 16.0. The van der Waals surface area contributed by atoms with Crippen LogP contribution < -0.4 is 19.6 Å². The maximum atomic E-state index is 5.13. The number of anilines is 12. The first-order chi connectivity index (χ1) is 67.9. The minimum absolute atomic E-state index is 0. The van der Waals surface area contributed by atoms with E-state index in [-0.39, 0.29) is 106 Å². The Kier molecular flexibility index (Phi) is 36.9. The fourth-order valence-corrected chi connectivity index (χ4v) is 16.0. The van der Waals surface area contributed by atoms with E-state index in [1.807, 2.05) is 310 Å². The molecule has 0 N–H and O–H groups in total. The van der Waals surface area contributed by atoms with Crippen LogP contribution in [0.4, 0.5) is 69.0 Å². The van der Waals surface area contributed by atoms with E-state index in [4.69, 9.17) is 29.9 Å². The molecule has 20 rings (SSSR count). The van der Waals surface area contributed by atoms with Crippen LogP contribution in [0.15, 0.2) is 437 Å². The van der Waals surface area contributed by atoms with Gasteiger partial charge in [-0.05, 0) is 198 Å². The molecule has 0 spiro atoms. The summed E-state index contributed by atoms with van der Waals surface area (Å²) >= 11 is 0. The normalized spacial score (nSPS) is 11.0. The number of hydrogen-bond acceptors (Lipinski definition) is 12. The second-order valence-corrected chi connectivity index (χ2v) is 37.8. The van der Waals surface area contributed by atoms with E-state index in [1.54, 1.807) is 0 Å². The first-order valence-electron chi connectivity index (χ1n) is 47.1. The SMILES string of the molecule is CC(C)(C)c1cc(N(c2cccc(-c3[c-]cccc3)n2)c2cccc(-c3[c-]cccc3)n2)cc(C(C)(C)C)c1.CC(C)(C)c1ccc(N(c2[c-]c(-c3ccccn3)ccc2)c2[c-]c(-c3ccccn3)ccc2)cc1.CC(C)(C)c1ccc(N(c2cccc(-c3[c-]cccc3)n2)c2cccc(-c3[c-]cccc3)n2)cc1.[Pt+2].[Pt+2].[Pt+2].[Pt+2].[c-]1ccccc1-c1cccc(N(c2ccccc2)c2cccc(-c3[c-]cccc3)n2)n1. The monoisotopic (exact) mass is 2590 g/mol. The molecule has 0 saturated carbocycles. The Morgan fingerprint density at radius 3 is 0.660 bits per heavy atom. The average molecular weight is 2590 g/mol. The van der Waals surface area contributed by atoms with Gasteiger partial charge in [0, 0.05) is 35.1 Å². The van der Waals surface area contributed by atoms with E-state index < -0.39 is 0 Å². The summed E-state index contributed by atoms with van der Waals surface area (Å²) in [6.45, 7) is 26.9. The van der Waals surface area contributed by atoms with Gasteiger partial charge in [-0.15, -0.1) is 275 Å². The number of para-hydroxylation sites is 1. The summed E-state index contributed by atoms with van der Waals surface area (Å²) in [5.41, 5.74) is 25.8. The second-order valence-electron chi connectivity index (χ2n) is 37.8. The second kappa shape index (κ2) is 49.7. The van der Waals surface area contributed by atoms with E-state index in [0.29, 0.717) is 0 Å². The molecule has 12 nitrogen and oxygen atoms in total. The van der Waals surface area contributed by atoms with Crippen molar-refractivity contribution in [3.05, 3.63) is 508 Å². The number of pyridine rings is 8. The van der Waals surface area contributed by atoms with Crippen LogP contribution in [0.2, 0.25) is 0 Å². The van der Waals surface area contributed by atoms with Gasteiger partial charge in [-0.2, -0.15) is 0 Å². The average Bonchev–Trinajstić information content (AvgIpc) is 0.757. The first kappa shape index (κ1) is 107. The van der Waals surface area contributed by atoms with Crippen molar-refractivity contribution in [1.82, 2.24) is 39.9 Å². The Morgan fingerprint density at radius 2 is 0.410 bits per heavy atom. The molecule has 8 heterocycles. The molecule has 16 heteroatoms. The van der Waals surface area contributed by atoms with Crippen molar-refractivity contribution in [3.63, 3.8) is 0 Å². The molecule has 0 saturated heterocycles. The summed E-state index contributed by atoms with van der Waals surface area (Å²) in [6, 6.07) is 169. The summed E-state index contributed by atoms with van der Waals surface area (Å²) < 4.78 is 0. The van der Waals surface area contributed by atoms with Gasteiger partial charge in [-0.25, -0.2) is 0 Å². The van der Waals surface area contributed by atoms with Gasteiger partial charge in [0.05, 0.1) is 0 Å². The molecule has 20 aromatic rings. The van der Waals surface area contributed by atoms with Gasteiger partial charge >= 0.3 is 84.3 Å². The van der Waals surface area contributed by atoms with Crippen LogP contribution in [-0.4, -0.2) is 39.9 Å². The molecule has 8 aromatic heterocycles. The van der Waals surface area contributed by atoms with Crippen molar-refractivity contribution in [2.75, 3.05) is 19.6 Å². The number of aromatic nitrogens is 8. The minimum atomic E-state index is -0.0236. The molecular formula is C128H108N12Pt4. The van der Waals surface area contributed by atoms with Gasteiger partial charge in [-0.3, -0.25) is 44.6 Å². The van der Waals surface area contributed by atoms with Crippen LogP contribution in [0.25, 0.3) is 90.1 Å². The Bertz CT molecular complexity index is 6860. The summed E-state index contributed by atoms with van der Waals surface area (Å²) in [4.78, 5) is 47.8. The molecule has 0 unspecified atom stereocenters. The molecule has 0 aliphatic carbocycles. The fraction of sp³-hybridized carbons (Fsp3) is 0.125. The topological polar surface area (TPSA) is 116 Å². The van der Waals surface area contributed by atoms with Gasteiger partial charge in [0.15, 0.2) is 0 Å². The molecule has 0 radical (unpaired) electrons. The van der Waals surface area contributed by atoms with E-state index in [9.17, 15) is 0 Å². The Morgan fingerprint density at radius 1 is 0.181 bits per heavy atom. The molecule has 0 amide bonds. The van der Waals surface area contributed by atoms with Crippen molar-refractivity contribution in [1.29, 1.82) is 0 Å². The molecule has 0 fully saturated rings. The van der Waals surface area contributed by atoms with Gasteiger partial charge in [-0.1, -0.05) is 229 Å². The zero-order chi connectivity index (χ0) is 97.0. The summed E-state index contributed by atoms with van der Waals surface area (Å²) in [5.74, 6) is 4.79. The first-order valence-corrected chi connectivity index (χ1v) is 47.1. The Hall–Kier alpha value is -14.2. The Balaban J connectivity index is 0.000000160. The third kappa shape index (κ3) is 27.4. The van der Waals surface area contributed by atoms with E-state index in [1.165, 1.54) is 22.3 Å². The van der Waals surface area contributed by atoms with Crippen LogP contribution >= 0.6 is 0 Å². The van der Waals surface area contributed by atoms with Crippen molar-refractivity contribution >= 4 is 69.0 Å². The summed E-state index contributed by atoms with van der Waals surface area (Å²) in [5, 5.41) is 0. The number of rotatable bonds is 20. The van der Waals surface area contributed by atoms with E-state index in [2.05, 4.69) is 289 Å². The molecule has 0 aliphatic heterocycles. The van der Waals surface area contributed by atoms with Crippen molar-refractivity contribution in [3.8, 4) is 90.1 Å². The smallest absolute Gasteiger partial charge is 0.346 e. The van der Waals surface area contributed by atoms with Gasteiger partial charge in [0.2, 0.25) is 0 Å². The van der Waals surface area contributed by atoms with E-state index >= 15 is 0 Å². The van der Waals surface area contributed by atoms with Crippen molar-refractivity contribution in [2.45, 2.75) is 105 Å². The standard InChI is InChI=1S/C36H35N3.2C32H27N3.C28H19N3.4Pt/c1-35(2,3)28-23-29(36(4,5)6)25-30(24-28)39(33-21-13-19-31(37-33)26-15-9-7-10-16-26)34-22-14-20-32(38-34)27-17-11-8-12-18-27;1-32(2,3)26-16-18-27(19-17-26)35(28-12-8-10-24(22-28)30-14-4-6-20-33-30)29-13-9-11-25(23-29)31-15-5-7-21-34-31;1-32(2,3)26-20-22-27(23-21-26)35(30-18-10-16-28(33-30)24-12-6-4-7-13-24)31-19-11-17-29(34-31)25-14-8-5-9-15-25;1-4-12-22(13-5-1)25-18-10-20-27(29-25)31(24-16-8-3-9-17-24)28-21-11-19-26(30-28)23-14-6-2-7-15-23;;;;/h7-15,17,19-25H,1-6H3;4-21H,1-3H3;4-12,14,16-23H,1-3H3;1-12,14,16-21H;;;;/q4*-2;4*+2. The molecule has 0 bridgehead atoms. The zero-order valence-electron chi connectivity index (χ0n) is 82.2. The number of hydrogen-bond donors (Lipinski definition) is 0. The zero-order valence-corrected chi connectivity index (χ0v) is 91.3. The minimum Gasteiger partial charge on any atom is -0.346 e. The predicted molar refractivity (Wildman–Crippen MR) is 576 cm³/mol. The molecular weight excluding hydrogens is 2490 g/mol. The number of nitrogens with zero attached hydrogens (tertiary/aromatic N) is 12. The van der Waals surface area contributed by atoms with Crippen LogP contribution in [-0.2, 0) is 106 Å². The third-order valence-corrected chi connectivity index (χ3v) is 23.5. The van der Waals surface area contributed by atoms with Crippen molar-refractivity contribution < 1.29 is 84.3 Å². The van der Waals surface area contributed by atoms with Crippen LogP contribution in [0.3, 0.4) is 0 Å².